The van der Waals surface area contributed by atoms with Crippen LogP contribution in [0.25, 0.3) is 0 Å². The van der Waals surface area contributed by atoms with Crippen LogP contribution in [0.4, 0.5) is 0 Å². The molecule has 1 saturated carbocycles. The molecule has 0 bridgehead atoms. The Balaban J connectivity index is 2.00. The van der Waals surface area contributed by atoms with E-state index in [1.807, 2.05) is 0 Å². The average molecular weight is 211 g/mol. The summed E-state index contributed by atoms with van der Waals surface area (Å²) in [6, 6.07) is 0.792. The molecule has 0 N–H and O–H groups in total. The lowest BCUT2D eigenvalue weighted by Crippen LogP contribution is -2.38. The van der Waals surface area contributed by atoms with Crippen molar-refractivity contribution in [3.63, 3.8) is 0 Å². The number of fused-ring (bicyclic) bond motifs is 1. The lowest BCUT2D eigenvalue weighted by molar-refractivity contribution is -0.0552. The summed E-state index contributed by atoms with van der Waals surface area (Å²) in [5.41, 5.74) is 0.505. The Bertz CT molecular complexity index is 233. The van der Waals surface area contributed by atoms with Crippen molar-refractivity contribution in [1.29, 1.82) is 0 Å². The molecule has 1 aliphatic heterocycles. The first-order valence-electron chi connectivity index (χ1n) is 6.27. The van der Waals surface area contributed by atoms with E-state index < -0.39 is 0 Å². The Hall–Kier alpha value is -0.0800. The fraction of sp³-hybridized carbons (Fsp3) is 1.00. The van der Waals surface area contributed by atoms with Crippen LogP contribution in [-0.2, 0) is 4.74 Å². The largest absolute Gasteiger partial charge is 0.375 e. The fourth-order valence-electron chi connectivity index (χ4n) is 3.26. The van der Waals surface area contributed by atoms with E-state index in [0.717, 1.165) is 12.6 Å². The highest BCUT2D eigenvalue weighted by molar-refractivity contribution is 5.02. The molecular weight excluding hydrogens is 186 g/mol. The van der Waals surface area contributed by atoms with Crippen LogP contribution < -0.4 is 0 Å². The first-order chi connectivity index (χ1) is 6.93. The molecule has 2 unspecified atom stereocenters. The molecular formula is C13H25NO. The zero-order chi connectivity index (χ0) is 11.1. The van der Waals surface area contributed by atoms with Crippen molar-refractivity contribution in [1.82, 2.24) is 4.90 Å². The van der Waals surface area contributed by atoms with E-state index in [1.54, 1.807) is 0 Å². The monoisotopic (exact) mass is 211 g/mol. The van der Waals surface area contributed by atoms with Crippen LogP contribution in [0.5, 0.6) is 0 Å². The predicted octanol–water partition coefficient (Wildman–Crippen LogP) is 2.68. The summed E-state index contributed by atoms with van der Waals surface area (Å²) in [5.74, 6) is 0. The van der Waals surface area contributed by atoms with E-state index in [2.05, 4.69) is 32.7 Å². The molecule has 88 valence electrons. The van der Waals surface area contributed by atoms with Gasteiger partial charge in [0, 0.05) is 11.5 Å². The summed E-state index contributed by atoms with van der Waals surface area (Å²) in [4.78, 5) is 2.54. The van der Waals surface area contributed by atoms with Gasteiger partial charge in [-0.1, -0.05) is 6.42 Å². The number of likely N-dealkylation sites (tertiary alicyclic amines) is 1. The molecule has 2 rings (SSSR count). The third-order valence-electron chi connectivity index (χ3n) is 4.15. The third-order valence-corrected chi connectivity index (χ3v) is 4.15. The molecule has 0 spiro atoms. The van der Waals surface area contributed by atoms with Crippen LogP contribution >= 0.6 is 0 Å². The maximum absolute atomic E-state index is 6.04. The molecule has 2 aliphatic rings. The smallest absolute Gasteiger partial charge is 0.0598 e. The number of hydrogen-bond acceptors (Lipinski definition) is 2. The van der Waals surface area contributed by atoms with Crippen LogP contribution in [0.2, 0.25) is 0 Å². The van der Waals surface area contributed by atoms with Gasteiger partial charge in [0.15, 0.2) is 0 Å². The van der Waals surface area contributed by atoms with Gasteiger partial charge >= 0.3 is 0 Å². The van der Waals surface area contributed by atoms with Gasteiger partial charge in [-0.2, -0.15) is 0 Å². The minimum absolute atomic E-state index is 0.0169. The minimum Gasteiger partial charge on any atom is -0.375 e. The maximum Gasteiger partial charge on any atom is 0.0598 e. The van der Waals surface area contributed by atoms with Crippen LogP contribution in [0.1, 0.15) is 46.5 Å². The first-order valence-corrected chi connectivity index (χ1v) is 6.27. The van der Waals surface area contributed by atoms with Crippen molar-refractivity contribution in [2.45, 2.75) is 58.1 Å². The van der Waals surface area contributed by atoms with Crippen molar-refractivity contribution in [3.8, 4) is 0 Å². The Kier molecular flexibility index (Phi) is 2.85. The highest BCUT2D eigenvalue weighted by atomic mass is 16.5. The lowest BCUT2D eigenvalue weighted by atomic mass is 9.83. The second kappa shape index (κ2) is 3.74. The summed E-state index contributed by atoms with van der Waals surface area (Å²) < 4.78 is 6.04. The highest BCUT2D eigenvalue weighted by Gasteiger charge is 2.49. The van der Waals surface area contributed by atoms with Gasteiger partial charge in [0.05, 0.1) is 12.2 Å². The summed E-state index contributed by atoms with van der Waals surface area (Å²) in [7, 11) is 2.27. The minimum atomic E-state index is 0.0169. The molecule has 1 heterocycles. The molecule has 15 heavy (non-hydrogen) atoms. The Morgan fingerprint density at radius 2 is 2.07 bits per heavy atom. The standard InChI is InChI=1S/C13H25NO/c1-12(2,3)15-10-13-7-5-6-11(13)14(4)9-8-13/h11H,5-10H2,1-4H3. The lowest BCUT2D eigenvalue weighted by Gasteiger charge is -2.34. The number of rotatable bonds is 2. The third kappa shape index (κ3) is 2.21. The molecule has 0 aromatic carbocycles. The van der Waals surface area contributed by atoms with E-state index in [0.29, 0.717) is 5.41 Å². The van der Waals surface area contributed by atoms with E-state index in [1.165, 1.54) is 32.2 Å². The van der Waals surface area contributed by atoms with E-state index >= 15 is 0 Å². The summed E-state index contributed by atoms with van der Waals surface area (Å²) in [5, 5.41) is 0. The van der Waals surface area contributed by atoms with E-state index in [9.17, 15) is 0 Å². The van der Waals surface area contributed by atoms with Crippen molar-refractivity contribution in [3.05, 3.63) is 0 Å². The molecule has 2 heteroatoms. The van der Waals surface area contributed by atoms with Gasteiger partial charge in [-0.3, -0.25) is 0 Å². The SMILES string of the molecule is CN1CCC2(COC(C)(C)C)CCCC12. The van der Waals surface area contributed by atoms with Gasteiger partial charge in [-0.25, -0.2) is 0 Å². The Morgan fingerprint density at radius 1 is 1.33 bits per heavy atom. The van der Waals surface area contributed by atoms with E-state index in [-0.39, 0.29) is 5.60 Å². The predicted molar refractivity (Wildman–Crippen MR) is 63.0 cm³/mol. The van der Waals surface area contributed by atoms with Crippen molar-refractivity contribution < 1.29 is 4.74 Å². The summed E-state index contributed by atoms with van der Waals surface area (Å²) in [6.07, 6.45) is 5.48. The van der Waals surface area contributed by atoms with Gasteiger partial charge in [-0.15, -0.1) is 0 Å². The fourth-order valence-corrected chi connectivity index (χ4v) is 3.26. The molecule has 0 aromatic heterocycles. The second-order valence-corrected chi connectivity index (χ2v) is 6.40. The summed E-state index contributed by atoms with van der Waals surface area (Å²) >= 11 is 0. The van der Waals surface area contributed by atoms with Gasteiger partial charge in [-0.05, 0) is 53.6 Å². The Morgan fingerprint density at radius 3 is 2.73 bits per heavy atom. The van der Waals surface area contributed by atoms with Crippen LogP contribution in [0.15, 0.2) is 0 Å². The van der Waals surface area contributed by atoms with Crippen LogP contribution in [-0.4, -0.2) is 36.7 Å². The molecule has 2 nitrogen and oxygen atoms in total. The van der Waals surface area contributed by atoms with Crippen LogP contribution in [0.3, 0.4) is 0 Å². The number of ether oxygens (including phenoxy) is 1. The first kappa shape index (κ1) is 11.4. The second-order valence-electron chi connectivity index (χ2n) is 6.40. The average Bonchev–Trinajstić information content (AvgIpc) is 2.64. The van der Waals surface area contributed by atoms with Crippen molar-refractivity contribution in [2.24, 2.45) is 5.41 Å². The van der Waals surface area contributed by atoms with Gasteiger partial charge < -0.3 is 9.64 Å². The maximum atomic E-state index is 6.04. The molecule has 1 saturated heterocycles. The van der Waals surface area contributed by atoms with Gasteiger partial charge in [0.25, 0.3) is 0 Å². The highest BCUT2D eigenvalue weighted by Crippen LogP contribution is 2.48. The summed E-state index contributed by atoms with van der Waals surface area (Å²) in [6.45, 7) is 8.70. The zero-order valence-corrected chi connectivity index (χ0v) is 10.7. The molecule has 0 radical (unpaired) electrons. The van der Waals surface area contributed by atoms with Gasteiger partial charge in [0.2, 0.25) is 0 Å². The van der Waals surface area contributed by atoms with Gasteiger partial charge in [0.1, 0.15) is 0 Å². The number of nitrogens with zero attached hydrogens (tertiary/aromatic N) is 1. The van der Waals surface area contributed by atoms with Crippen LogP contribution in [0, 0.1) is 5.41 Å². The molecule has 2 fully saturated rings. The topological polar surface area (TPSA) is 12.5 Å². The Labute approximate surface area is 94.0 Å². The molecule has 1 aliphatic carbocycles. The van der Waals surface area contributed by atoms with Crippen molar-refractivity contribution >= 4 is 0 Å². The quantitative estimate of drug-likeness (QED) is 0.696. The normalized spacial score (nSPS) is 37.2. The van der Waals surface area contributed by atoms with E-state index in [4.69, 9.17) is 4.74 Å². The number of hydrogen-bond donors (Lipinski definition) is 0. The zero-order valence-electron chi connectivity index (χ0n) is 10.7. The molecule has 0 amide bonds. The molecule has 0 aromatic rings. The molecule has 2 atom stereocenters. The van der Waals surface area contributed by atoms with Crippen molar-refractivity contribution in [2.75, 3.05) is 20.2 Å².